The number of hydrogen-bond donors (Lipinski definition) is 3. The molecule has 0 saturated heterocycles. The van der Waals surface area contributed by atoms with Gasteiger partial charge in [-0.05, 0) is 33.2 Å². The fraction of sp³-hybridized carbons (Fsp3) is 0.467. The third-order valence-electron chi connectivity index (χ3n) is 3.15. The van der Waals surface area contributed by atoms with Crippen LogP contribution in [0.5, 0.6) is 0 Å². The van der Waals surface area contributed by atoms with Gasteiger partial charge < -0.3 is 15.3 Å². The topological polar surface area (TPSA) is 77.1 Å². The molecule has 3 N–H and O–H groups in total. The molecule has 0 aromatic carbocycles. The normalized spacial score (nSPS) is 14.3. The number of nitrogens with zero attached hydrogens (tertiary/aromatic N) is 3. The van der Waals surface area contributed by atoms with Gasteiger partial charge in [-0.15, -0.1) is 0 Å². The molecule has 6 nitrogen and oxygen atoms in total. The number of pyridine rings is 1. The number of aliphatic hydroxyl groups is 1. The number of H-pyrrole nitrogens is 1. The van der Waals surface area contributed by atoms with Crippen molar-refractivity contribution in [2.45, 2.75) is 19.1 Å². The van der Waals surface area contributed by atoms with Crippen LogP contribution in [0.1, 0.15) is 12.5 Å². The first-order chi connectivity index (χ1) is 9.98. The van der Waals surface area contributed by atoms with Crippen molar-refractivity contribution < 1.29 is 5.11 Å². The van der Waals surface area contributed by atoms with E-state index in [9.17, 15) is 5.11 Å². The summed E-state index contributed by atoms with van der Waals surface area (Å²) in [6.45, 7) is 3.60. The summed E-state index contributed by atoms with van der Waals surface area (Å²) < 4.78 is 0. The molecule has 2 aromatic rings. The van der Waals surface area contributed by atoms with Crippen LogP contribution in [-0.2, 0) is 6.54 Å². The lowest BCUT2D eigenvalue weighted by molar-refractivity contribution is 0.0336. The second kappa shape index (κ2) is 6.80. The summed E-state index contributed by atoms with van der Waals surface area (Å²) in [6, 6.07) is 3.89. The molecule has 114 valence electrons. The monoisotopic (exact) mass is 289 g/mol. The van der Waals surface area contributed by atoms with Crippen molar-refractivity contribution in [2.75, 3.05) is 27.2 Å². The zero-order valence-electron chi connectivity index (χ0n) is 12.8. The van der Waals surface area contributed by atoms with Crippen LogP contribution >= 0.6 is 0 Å². The standard InChI is InChI=1S/C15H23N5O/c1-15(21,11-20(2)3)10-17-8-13-9-18-19-14(13)12-5-4-6-16-7-12/h4-7,9,17,21H,8,10-11H2,1-3H3,(H,18,19). The highest BCUT2D eigenvalue weighted by molar-refractivity contribution is 5.61. The summed E-state index contributed by atoms with van der Waals surface area (Å²) in [6.07, 6.45) is 5.35. The van der Waals surface area contributed by atoms with Crippen LogP contribution < -0.4 is 5.32 Å². The molecular weight excluding hydrogens is 266 g/mol. The van der Waals surface area contributed by atoms with Crippen LogP contribution in [0.4, 0.5) is 0 Å². The Morgan fingerprint density at radius 2 is 2.19 bits per heavy atom. The highest BCUT2D eigenvalue weighted by atomic mass is 16.3. The highest BCUT2D eigenvalue weighted by Crippen LogP contribution is 2.19. The minimum atomic E-state index is -0.762. The summed E-state index contributed by atoms with van der Waals surface area (Å²) in [5.74, 6) is 0. The van der Waals surface area contributed by atoms with Gasteiger partial charge in [0.1, 0.15) is 0 Å². The fourth-order valence-electron chi connectivity index (χ4n) is 2.41. The van der Waals surface area contributed by atoms with Crippen LogP contribution in [0.2, 0.25) is 0 Å². The summed E-state index contributed by atoms with van der Waals surface area (Å²) in [7, 11) is 3.90. The average Bonchev–Trinajstić information content (AvgIpc) is 2.86. The Morgan fingerprint density at radius 3 is 2.86 bits per heavy atom. The van der Waals surface area contributed by atoms with Gasteiger partial charge >= 0.3 is 0 Å². The van der Waals surface area contributed by atoms with Crippen molar-refractivity contribution in [2.24, 2.45) is 0 Å². The van der Waals surface area contributed by atoms with Crippen molar-refractivity contribution in [3.05, 3.63) is 36.3 Å². The zero-order valence-corrected chi connectivity index (χ0v) is 12.8. The second-order valence-corrected chi connectivity index (χ2v) is 5.85. The molecule has 21 heavy (non-hydrogen) atoms. The van der Waals surface area contributed by atoms with Crippen LogP contribution in [0.25, 0.3) is 11.3 Å². The van der Waals surface area contributed by atoms with E-state index < -0.39 is 5.60 Å². The van der Waals surface area contributed by atoms with Gasteiger partial charge in [-0.1, -0.05) is 0 Å². The molecule has 2 heterocycles. The Bertz CT molecular complexity index is 550. The van der Waals surface area contributed by atoms with Crippen molar-refractivity contribution in [1.29, 1.82) is 0 Å². The second-order valence-electron chi connectivity index (χ2n) is 5.85. The Hall–Kier alpha value is -1.76. The molecule has 0 amide bonds. The van der Waals surface area contributed by atoms with Gasteiger partial charge in [0, 0.05) is 43.2 Å². The van der Waals surface area contributed by atoms with E-state index in [0.717, 1.165) is 16.8 Å². The highest BCUT2D eigenvalue weighted by Gasteiger charge is 2.20. The van der Waals surface area contributed by atoms with Gasteiger partial charge in [0.2, 0.25) is 0 Å². The third-order valence-corrected chi connectivity index (χ3v) is 3.15. The Labute approximate surface area is 125 Å². The van der Waals surface area contributed by atoms with E-state index in [1.807, 2.05) is 38.1 Å². The van der Waals surface area contributed by atoms with Crippen LogP contribution in [0.15, 0.2) is 30.7 Å². The van der Waals surface area contributed by atoms with E-state index in [2.05, 4.69) is 20.5 Å². The minimum absolute atomic E-state index is 0.517. The molecule has 1 unspecified atom stereocenters. The molecule has 0 aliphatic rings. The number of rotatable bonds is 7. The van der Waals surface area contributed by atoms with E-state index in [1.54, 1.807) is 18.6 Å². The molecule has 1 atom stereocenters. The van der Waals surface area contributed by atoms with E-state index in [0.29, 0.717) is 19.6 Å². The molecular formula is C15H23N5O. The molecule has 0 aliphatic heterocycles. The largest absolute Gasteiger partial charge is 0.388 e. The third kappa shape index (κ3) is 4.63. The van der Waals surface area contributed by atoms with Gasteiger partial charge in [0.15, 0.2) is 0 Å². The summed E-state index contributed by atoms with van der Waals surface area (Å²) >= 11 is 0. The van der Waals surface area contributed by atoms with Crippen molar-refractivity contribution in [1.82, 2.24) is 25.4 Å². The molecule has 0 fully saturated rings. The van der Waals surface area contributed by atoms with Gasteiger partial charge in [-0.3, -0.25) is 10.1 Å². The number of likely N-dealkylation sites (N-methyl/N-ethyl adjacent to an activating group) is 1. The van der Waals surface area contributed by atoms with Crippen LogP contribution in [0.3, 0.4) is 0 Å². The lowest BCUT2D eigenvalue weighted by Gasteiger charge is -2.27. The van der Waals surface area contributed by atoms with Gasteiger partial charge in [0.25, 0.3) is 0 Å². The van der Waals surface area contributed by atoms with Crippen molar-refractivity contribution in [3.8, 4) is 11.3 Å². The smallest absolute Gasteiger partial charge is 0.0869 e. The predicted molar refractivity (Wildman–Crippen MR) is 82.7 cm³/mol. The zero-order chi connectivity index (χ0) is 15.3. The SMILES string of the molecule is CN(C)CC(C)(O)CNCc1cn[nH]c1-c1cccnc1. The van der Waals surface area contributed by atoms with E-state index in [-0.39, 0.29) is 0 Å². The molecule has 0 saturated carbocycles. The Morgan fingerprint density at radius 1 is 1.38 bits per heavy atom. The van der Waals surface area contributed by atoms with Crippen molar-refractivity contribution in [3.63, 3.8) is 0 Å². The Kier molecular flexibility index (Phi) is 5.06. The van der Waals surface area contributed by atoms with Gasteiger partial charge in [-0.2, -0.15) is 5.10 Å². The quantitative estimate of drug-likeness (QED) is 0.705. The maximum Gasteiger partial charge on any atom is 0.0869 e. The van der Waals surface area contributed by atoms with Crippen LogP contribution in [-0.4, -0.2) is 58.0 Å². The molecule has 0 aliphatic carbocycles. The van der Waals surface area contributed by atoms with Crippen LogP contribution in [0, 0.1) is 0 Å². The number of hydrogen-bond acceptors (Lipinski definition) is 5. The van der Waals surface area contributed by atoms with E-state index in [4.69, 9.17) is 0 Å². The van der Waals surface area contributed by atoms with Gasteiger partial charge in [0.05, 0.1) is 17.5 Å². The first-order valence-corrected chi connectivity index (χ1v) is 6.98. The first-order valence-electron chi connectivity index (χ1n) is 6.98. The number of aromatic nitrogens is 3. The molecule has 2 rings (SSSR count). The lowest BCUT2D eigenvalue weighted by atomic mass is 10.1. The van der Waals surface area contributed by atoms with Crippen molar-refractivity contribution >= 4 is 0 Å². The fourth-order valence-corrected chi connectivity index (χ4v) is 2.41. The average molecular weight is 289 g/mol. The molecule has 2 aromatic heterocycles. The first kappa shape index (κ1) is 15.6. The number of nitrogens with one attached hydrogen (secondary N) is 2. The predicted octanol–water partition coefficient (Wildman–Crippen LogP) is 0.874. The van der Waals surface area contributed by atoms with E-state index >= 15 is 0 Å². The molecule has 0 bridgehead atoms. The summed E-state index contributed by atoms with van der Waals surface area (Å²) in [5.41, 5.74) is 2.26. The van der Waals surface area contributed by atoms with Gasteiger partial charge in [-0.25, -0.2) is 0 Å². The maximum atomic E-state index is 10.3. The molecule has 0 spiro atoms. The Balaban J connectivity index is 1.95. The summed E-state index contributed by atoms with van der Waals surface area (Å²) in [5, 5.41) is 20.6. The molecule has 0 radical (unpaired) electrons. The summed E-state index contributed by atoms with van der Waals surface area (Å²) in [4.78, 5) is 6.09. The minimum Gasteiger partial charge on any atom is -0.388 e. The molecule has 6 heteroatoms. The number of aromatic amines is 1. The lowest BCUT2D eigenvalue weighted by Crippen LogP contribution is -2.45. The van der Waals surface area contributed by atoms with E-state index in [1.165, 1.54) is 0 Å². The maximum absolute atomic E-state index is 10.3.